The number of piperidine rings is 6. The van der Waals surface area contributed by atoms with E-state index >= 15 is 0 Å². The average molecular weight is 1970 g/mol. The number of nitrogens with two attached hydrogens (primary N) is 3. The van der Waals surface area contributed by atoms with Crippen LogP contribution >= 0.6 is 24.8 Å². The zero-order valence-electron chi connectivity index (χ0n) is 80.8. The molecule has 6 aliphatic rings. The summed E-state index contributed by atoms with van der Waals surface area (Å²) in [4.78, 5) is 93.6. The van der Waals surface area contributed by atoms with Crippen LogP contribution in [0.1, 0.15) is 265 Å². The van der Waals surface area contributed by atoms with Crippen molar-refractivity contribution < 1.29 is 78.8 Å². The summed E-state index contributed by atoms with van der Waals surface area (Å²) in [7, 11) is 0. The molecule has 11 N–H and O–H groups in total. The molecule has 0 atom stereocenters. The first-order valence-corrected chi connectivity index (χ1v) is 47.0. The number of carbonyl (C=O) groups excluding carboxylic acids is 6. The SMILES string of the molecule is CC(C)(C)OC(=O)N1CCC(CC=O)CC1.CC(C)(C)OC(=O)N1CCC(CCN2CCC(n3cc(NC(=O)c4cnn5ccc(N)nc45)c(C(F)F)n3)CC2)CC1.CCOCC.CCOCC.CCOCC.Cl.Cl.Nc1ccn2ncc(C(=O)Nc3cn(C4CCN(CCC5CCNCC5)CC4)nc3C(F)F)c2n1.Nc1ccn2ncc(C(=O)Nc3cn(C4CCNCC4)nc3C(F)F)c2n1. The summed E-state index contributed by atoms with van der Waals surface area (Å²) in [6, 6.07) is 4.64. The first-order chi connectivity index (χ1) is 64.6. The summed E-state index contributed by atoms with van der Waals surface area (Å²) in [5.41, 5.74) is 15.9. The molecule has 6 fully saturated rings. The molecule has 9 aromatic rings. The van der Waals surface area contributed by atoms with Gasteiger partial charge in [-0.05, 0) is 248 Å². The summed E-state index contributed by atoms with van der Waals surface area (Å²) < 4.78 is 116. The highest BCUT2D eigenvalue weighted by atomic mass is 35.5. The Labute approximate surface area is 808 Å². The van der Waals surface area contributed by atoms with Gasteiger partial charge in [-0.2, -0.15) is 30.6 Å². The average Bonchev–Trinajstić information content (AvgIpc) is 1.66. The maximum atomic E-state index is 13.9. The van der Waals surface area contributed by atoms with Gasteiger partial charge in [0.15, 0.2) is 34.0 Å². The first-order valence-electron chi connectivity index (χ1n) is 47.0. The van der Waals surface area contributed by atoms with Gasteiger partial charge in [-0.25, -0.2) is 64.4 Å². The van der Waals surface area contributed by atoms with Crippen LogP contribution in [0.3, 0.4) is 0 Å². The van der Waals surface area contributed by atoms with Crippen LogP contribution in [0.25, 0.3) is 16.9 Å². The van der Waals surface area contributed by atoms with E-state index in [1.54, 1.807) is 56.0 Å². The summed E-state index contributed by atoms with van der Waals surface area (Å²) in [5.74, 6) is 0.661. The Morgan fingerprint density at radius 2 is 0.715 bits per heavy atom. The Bertz CT molecular complexity index is 5120. The number of nitrogens with one attached hydrogen (secondary N) is 5. The molecule has 0 aromatic carbocycles. The highest BCUT2D eigenvalue weighted by Gasteiger charge is 2.34. The van der Waals surface area contributed by atoms with Gasteiger partial charge < -0.3 is 91.9 Å². The second-order valence-corrected chi connectivity index (χ2v) is 35.5. The zero-order valence-corrected chi connectivity index (χ0v) is 82.4. The predicted molar refractivity (Wildman–Crippen MR) is 516 cm³/mol. The van der Waals surface area contributed by atoms with Gasteiger partial charge in [-0.3, -0.25) is 28.4 Å². The minimum absolute atomic E-state index is 0. The van der Waals surface area contributed by atoms with E-state index in [0.29, 0.717) is 44.4 Å². The van der Waals surface area contributed by atoms with Gasteiger partial charge in [-0.1, -0.05) is 0 Å². The molecule has 0 bridgehead atoms. The lowest BCUT2D eigenvalue weighted by atomic mass is 9.93. The summed E-state index contributed by atoms with van der Waals surface area (Å²) >= 11 is 0. The van der Waals surface area contributed by atoms with E-state index in [9.17, 15) is 55.1 Å². The lowest BCUT2D eigenvalue weighted by Crippen LogP contribution is -2.42. The monoisotopic (exact) mass is 1970 g/mol. The van der Waals surface area contributed by atoms with Gasteiger partial charge in [-0.15, -0.1) is 24.8 Å². The van der Waals surface area contributed by atoms with E-state index in [4.69, 9.17) is 40.9 Å². The number of hydrogen-bond acceptors (Lipinski definition) is 27. The number of amides is 5. The van der Waals surface area contributed by atoms with Crippen molar-refractivity contribution in [3.05, 3.63) is 108 Å². The number of halogens is 8. The number of nitrogen functional groups attached to an aromatic ring is 3. The molecule has 762 valence electrons. The second kappa shape index (κ2) is 56.4. The number of nitrogens with zero attached hydrogens (tertiary/aromatic N) is 19. The molecule has 38 nitrogen and oxygen atoms in total. The highest BCUT2D eigenvalue weighted by molar-refractivity contribution is 6.10. The van der Waals surface area contributed by atoms with Crippen LogP contribution in [0, 0.1) is 17.8 Å². The largest absolute Gasteiger partial charge is 0.444 e. The van der Waals surface area contributed by atoms with Gasteiger partial charge in [0.05, 0.1) is 53.8 Å². The maximum absolute atomic E-state index is 13.9. The minimum Gasteiger partial charge on any atom is -0.444 e. The fourth-order valence-corrected chi connectivity index (χ4v) is 16.2. The molecule has 137 heavy (non-hydrogen) atoms. The van der Waals surface area contributed by atoms with Gasteiger partial charge in [0, 0.05) is 136 Å². The number of fused-ring (bicyclic) bond motifs is 3. The third-order valence-electron chi connectivity index (χ3n) is 23.4. The van der Waals surface area contributed by atoms with E-state index in [2.05, 4.69) is 81.9 Å². The maximum Gasteiger partial charge on any atom is 0.410 e. The molecule has 0 unspecified atom stereocenters. The summed E-state index contributed by atoms with van der Waals surface area (Å²) in [5, 5.41) is 38.8. The highest BCUT2D eigenvalue weighted by Crippen LogP contribution is 2.36. The van der Waals surface area contributed by atoms with Gasteiger partial charge in [0.2, 0.25) is 0 Å². The van der Waals surface area contributed by atoms with Crippen LogP contribution in [-0.4, -0.2) is 271 Å². The third kappa shape index (κ3) is 35.3. The Morgan fingerprint density at radius 3 is 0.993 bits per heavy atom. The number of anilines is 6. The third-order valence-corrected chi connectivity index (χ3v) is 23.4. The molecule has 5 amide bonds. The smallest absolute Gasteiger partial charge is 0.410 e. The summed E-state index contributed by atoms with van der Waals surface area (Å²) in [6.07, 6.45) is 19.1. The van der Waals surface area contributed by atoms with E-state index in [-0.39, 0.29) is 123 Å². The number of carbonyl (C=O) groups is 6. The van der Waals surface area contributed by atoms with Gasteiger partial charge in [0.1, 0.15) is 51.6 Å². The molecule has 0 aliphatic carbocycles. The van der Waals surface area contributed by atoms with Crippen LogP contribution in [0.2, 0.25) is 0 Å². The second-order valence-electron chi connectivity index (χ2n) is 35.5. The molecule has 0 radical (unpaired) electrons. The number of rotatable bonds is 26. The fraction of sp³-hybridized carbons (Fsp3) is 0.637. The fourth-order valence-electron chi connectivity index (χ4n) is 16.2. The van der Waals surface area contributed by atoms with Crippen molar-refractivity contribution in [3.8, 4) is 0 Å². The number of aromatic nitrogens is 15. The van der Waals surface area contributed by atoms with Crippen LogP contribution in [0.5, 0.6) is 0 Å². The number of aldehydes is 1. The molecule has 15 rings (SSSR count). The number of ether oxygens (including phenoxy) is 5. The lowest BCUT2D eigenvalue weighted by Gasteiger charge is -2.36. The molecule has 0 spiro atoms. The van der Waals surface area contributed by atoms with Crippen molar-refractivity contribution in [3.63, 3.8) is 0 Å². The number of hydrogen-bond donors (Lipinski definition) is 8. The number of alkyl halides is 6. The molecular formula is C91H141Cl2F6N27O11. The van der Waals surface area contributed by atoms with Crippen molar-refractivity contribution in [2.24, 2.45) is 17.8 Å². The van der Waals surface area contributed by atoms with Crippen molar-refractivity contribution in [1.82, 2.24) is 103 Å². The van der Waals surface area contributed by atoms with Crippen LogP contribution in [-0.2, 0) is 28.5 Å². The summed E-state index contributed by atoms with van der Waals surface area (Å²) in [6.45, 7) is 40.4. The quantitative estimate of drug-likeness (QED) is 0.0184. The van der Waals surface area contributed by atoms with E-state index in [1.165, 1.54) is 74.7 Å². The van der Waals surface area contributed by atoms with Crippen LogP contribution < -0.4 is 43.8 Å². The normalized spacial score (nSPS) is 16.3. The number of likely N-dealkylation sites (tertiary alicyclic amines) is 4. The van der Waals surface area contributed by atoms with Crippen LogP contribution in [0.15, 0.2) is 74.0 Å². The van der Waals surface area contributed by atoms with Crippen LogP contribution in [0.4, 0.5) is 70.4 Å². The molecule has 15 heterocycles. The van der Waals surface area contributed by atoms with E-state index < -0.39 is 65.3 Å². The first kappa shape index (κ1) is 113. The molecule has 9 aromatic heterocycles. The molecule has 46 heteroatoms. The Kier molecular flexibility index (Phi) is 46.7. The lowest BCUT2D eigenvalue weighted by molar-refractivity contribution is -0.108. The van der Waals surface area contributed by atoms with Crippen molar-refractivity contribution in [2.45, 2.75) is 228 Å². The minimum atomic E-state index is -2.85. The zero-order chi connectivity index (χ0) is 97.9. The Hall–Kier alpha value is -10.6. The molecular weight excluding hydrogens is 1830 g/mol. The van der Waals surface area contributed by atoms with Crippen molar-refractivity contribution in [1.29, 1.82) is 0 Å². The van der Waals surface area contributed by atoms with Gasteiger partial charge in [0.25, 0.3) is 37.0 Å². The Morgan fingerprint density at radius 1 is 0.431 bits per heavy atom. The topological polar surface area (TPSA) is 444 Å². The standard InChI is InChI=1S/C28H39F2N9O3.C23H31F2N9O.C16H18F2N8O.C12H21NO3.3C4H10O.2ClH/c1-28(2,3)42-27(41)37-13-5-18(6-14-37)4-10-36-11-7-19(8-12-36)39-17-21(23(35-39)24(29)30)33-26(40)20-16-32-38-15-9-22(31)34-25(20)38;24-21(25)20-18(29-23(35)17-13-28-33-12-6-19(26)30-22(17)33)14-34(31-20)16-4-10-32(11-5-16)9-3-15-1-7-27-8-2-15;17-14(18)13-11(8-26(24-13)9-1-4-20-5-2-9)22-16(27)10-7-21-25-6-3-12(19)23-15(10)25;1-12(2,3)16-11(15)13-7-4-10(5-8-13)6-9-14;3*1-3-5-4-2;;/h9,15-19,24H,4-8,10-14H2,1-3H3,(H2,31,34)(H,33,40);6,12-16,21,27H,1-5,7-11H2,(H2,26,30)(H,29,35);3,6-9,14,20H,1-2,4-5H2,(H2,19,23)(H,22,27);9-10H,4-8H2,1-3H3;3*3-4H2,1-2H3;2*1H. The molecule has 0 saturated carbocycles. The van der Waals surface area contributed by atoms with Crippen molar-refractivity contribution in [2.75, 3.05) is 164 Å². The van der Waals surface area contributed by atoms with E-state index in [0.717, 1.165) is 188 Å². The molecule has 6 saturated heterocycles. The predicted octanol–water partition coefficient (Wildman–Crippen LogP) is 14.9. The van der Waals surface area contributed by atoms with Crippen molar-refractivity contribution >= 4 is 112 Å². The molecule has 6 aliphatic heterocycles. The Balaban J connectivity index is 0.000000244. The van der Waals surface area contributed by atoms with E-state index in [1.807, 2.05) is 83.1 Å². The van der Waals surface area contributed by atoms with Gasteiger partial charge >= 0.3 is 12.2 Å².